The predicted molar refractivity (Wildman–Crippen MR) is 76.6 cm³/mol. The molecule has 0 aromatic carbocycles. The number of ether oxygens (including phenoxy) is 1. The normalized spacial score (nSPS) is 12.6. The molecule has 3 heteroatoms. The van der Waals surface area contributed by atoms with Gasteiger partial charge in [-0.3, -0.25) is 9.69 Å². The van der Waals surface area contributed by atoms with E-state index < -0.39 is 0 Å². The zero-order chi connectivity index (χ0) is 14.3. The van der Waals surface area contributed by atoms with Crippen molar-refractivity contribution in [2.24, 2.45) is 5.92 Å². The lowest BCUT2D eigenvalue weighted by atomic mass is 9.88. The van der Waals surface area contributed by atoms with Crippen molar-refractivity contribution in [2.45, 2.75) is 73.0 Å². The Bertz CT molecular complexity index is 247. The van der Waals surface area contributed by atoms with Gasteiger partial charge < -0.3 is 4.74 Å². The van der Waals surface area contributed by atoms with Crippen LogP contribution < -0.4 is 0 Å². The molecule has 0 aromatic heterocycles. The van der Waals surface area contributed by atoms with Gasteiger partial charge in [-0.2, -0.15) is 0 Å². The molecule has 0 bridgehead atoms. The van der Waals surface area contributed by atoms with Gasteiger partial charge >= 0.3 is 5.97 Å². The lowest BCUT2D eigenvalue weighted by Crippen LogP contribution is -2.50. The second kappa shape index (κ2) is 7.78. The summed E-state index contributed by atoms with van der Waals surface area (Å²) in [6.45, 7) is 16.1. The second-order valence-electron chi connectivity index (χ2n) is 6.12. The third-order valence-electron chi connectivity index (χ3n) is 3.70. The highest BCUT2D eigenvalue weighted by Crippen LogP contribution is 2.24. The molecule has 0 N–H and O–H groups in total. The summed E-state index contributed by atoms with van der Waals surface area (Å²) in [5, 5.41) is 0. The van der Waals surface area contributed by atoms with Crippen molar-refractivity contribution < 1.29 is 9.53 Å². The van der Waals surface area contributed by atoms with E-state index in [0.29, 0.717) is 12.5 Å². The van der Waals surface area contributed by atoms with E-state index in [1.165, 1.54) is 0 Å². The molecule has 0 spiro atoms. The molecule has 0 amide bonds. The quantitative estimate of drug-likeness (QED) is 0.624. The monoisotopic (exact) mass is 257 g/mol. The summed E-state index contributed by atoms with van der Waals surface area (Å²) < 4.78 is 5.25. The van der Waals surface area contributed by atoms with Crippen molar-refractivity contribution in [1.29, 1.82) is 0 Å². The fraction of sp³-hybridized carbons (Fsp3) is 0.933. The highest BCUT2D eigenvalue weighted by molar-refractivity contribution is 5.71. The Morgan fingerprint density at radius 1 is 1.22 bits per heavy atom. The number of nitrogens with zero attached hydrogens (tertiary/aromatic N) is 1. The summed E-state index contributed by atoms with van der Waals surface area (Å²) >= 11 is 0. The third-order valence-corrected chi connectivity index (χ3v) is 3.70. The van der Waals surface area contributed by atoms with Gasteiger partial charge in [0, 0.05) is 5.54 Å². The van der Waals surface area contributed by atoms with Crippen LogP contribution >= 0.6 is 0 Å². The van der Waals surface area contributed by atoms with Crippen molar-refractivity contribution >= 4 is 5.97 Å². The number of carbonyl (C=O) groups is 1. The summed E-state index contributed by atoms with van der Waals surface area (Å²) in [6.07, 6.45) is 2.22. The van der Waals surface area contributed by atoms with Crippen molar-refractivity contribution in [3.8, 4) is 0 Å². The van der Waals surface area contributed by atoms with Gasteiger partial charge in [-0.1, -0.05) is 27.2 Å². The van der Waals surface area contributed by atoms with Crippen LogP contribution in [0.1, 0.15) is 61.3 Å². The van der Waals surface area contributed by atoms with Crippen molar-refractivity contribution in [1.82, 2.24) is 4.90 Å². The summed E-state index contributed by atoms with van der Waals surface area (Å²) in [6, 6.07) is 0. The Hall–Kier alpha value is -0.570. The number of carbonyl (C=O) groups excluding carboxylic acids is 1. The molecule has 3 nitrogen and oxygen atoms in total. The molecule has 0 atom stereocenters. The van der Waals surface area contributed by atoms with E-state index in [1.54, 1.807) is 0 Å². The van der Waals surface area contributed by atoms with Gasteiger partial charge in [0.05, 0.1) is 12.6 Å². The Labute approximate surface area is 113 Å². The molecular formula is C15H31NO2. The van der Waals surface area contributed by atoms with Crippen molar-refractivity contribution in [2.75, 3.05) is 13.1 Å². The molecule has 0 aliphatic carbocycles. The van der Waals surface area contributed by atoms with Crippen LogP contribution in [0.25, 0.3) is 0 Å². The molecule has 0 radical (unpaired) electrons. The van der Waals surface area contributed by atoms with Gasteiger partial charge in [0.25, 0.3) is 0 Å². The van der Waals surface area contributed by atoms with Gasteiger partial charge in [0.2, 0.25) is 0 Å². The van der Waals surface area contributed by atoms with Crippen LogP contribution in [0.15, 0.2) is 0 Å². The number of hydrogen-bond donors (Lipinski definition) is 0. The molecule has 108 valence electrons. The summed E-state index contributed by atoms with van der Waals surface area (Å²) in [4.78, 5) is 14.1. The zero-order valence-corrected chi connectivity index (χ0v) is 13.2. The first-order valence-corrected chi connectivity index (χ1v) is 7.16. The largest absolute Gasteiger partial charge is 0.462 e. The van der Waals surface area contributed by atoms with E-state index in [0.717, 1.165) is 19.4 Å². The van der Waals surface area contributed by atoms with E-state index in [1.807, 2.05) is 13.8 Å². The minimum absolute atomic E-state index is 0.0190. The lowest BCUT2D eigenvalue weighted by Gasteiger charge is -2.41. The maximum atomic E-state index is 11.8. The van der Waals surface area contributed by atoms with Crippen LogP contribution in [-0.4, -0.2) is 35.6 Å². The Morgan fingerprint density at radius 3 is 2.17 bits per heavy atom. The first-order valence-electron chi connectivity index (χ1n) is 7.16. The Morgan fingerprint density at radius 2 is 1.78 bits per heavy atom. The van der Waals surface area contributed by atoms with Crippen LogP contribution in [-0.2, 0) is 9.53 Å². The molecule has 0 rings (SSSR count). The molecule has 0 aliphatic rings. The van der Waals surface area contributed by atoms with E-state index in [2.05, 4.69) is 39.5 Å². The average molecular weight is 257 g/mol. The molecule has 0 aliphatic heterocycles. The van der Waals surface area contributed by atoms with E-state index >= 15 is 0 Å². The van der Waals surface area contributed by atoms with Gasteiger partial charge in [0.1, 0.15) is 0 Å². The molecule has 0 saturated heterocycles. The molecule has 0 heterocycles. The zero-order valence-electron chi connectivity index (χ0n) is 13.2. The first kappa shape index (κ1) is 17.4. The number of rotatable bonds is 8. The Kier molecular flexibility index (Phi) is 7.53. The molecule has 0 fully saturated rings. The number of unbranched alkanes of at least 4 members (excludes halogenated alkanes) is 1. The van der Waals surface area contributed by atoms with Crippen LogP contribution in [0.2, 0.25) is 0 Å². The summed E-state index contributed by atoms with van der Waals surface area (Å²) in [5.41, 5.74) is 0.0190. The smallest absolute Gasteiger partial charge is 0.320 e. The van der Waals surface area contributed by atoms with Crippen molar-refractivity contribution in [3.63, 3.8) is 0 Å². The molecule has 0 unspecified atom stereocenters. The topological polar surface area (TPSA) is 29.5 Å². The third kappa shape index (κ3) is 5.85. The molecular weight excluding hydrogens is 226 g/mol. The summed E-state index contributed by atoms with van der Waals surface area (Å²) in [7, 11) is 0. The lowest BCUT2D eigenvalue weighted by molar-refractivity contribution is -0.150. The van der Waals surface area contributed by atoms with E-state index in [4.69, 9.17) is 4.74 Å². The average Bonchev–Trinajstić information content (AvgIpc) is 2.22. The Balaban J connectivity index is 4.63. The van der Waals surface area contributed by atoms with Crippen LogP contribution in [0.3, 0.4) is 0 Å². The van der Waals surface area contributed by atoms with Gasteiger partial charge in [-0.05, 0) is 46.6 Å². The molecule has 18 heavy (non-hydrogen) atoms. The minimum Gasteiger partial charge on any atom is -0.462 e. The fourth-order valence-electron chi connectivity index (χ4n) is 1.74. The van der Waals surface area contributed by atoms with E-state index in [9.17, 15) is 4.79 Å². The first-order chi connectivity index (χ1) is 8.21. The number of hydrogen-bond acceptors (Lipinski definition) is 3. The highest BCUT2D eigenvalue weighted by Gasteiger charge is 2.31. The molecule has 0 saturated carbocycles. The van der Waals surface area contributed by atoms with Gasteiger partial charge in [0.15, 0.2) is 0 Å². The standard InChI is InChI=1S/C15H31NO2/c1-8-9-10-16(15(6,7)12(2)3)11-14(17)18-13(4)5/h12-13H,8-11H2,1-7H3. The van der Waals surface area contributed by atoms with Gasteiger partial charge in [-0.15, -0.1) is 0 Å². The van der Waals surface area contributed by atoms with Crippen LogP contribution in [0.4, 0.5) is 0 Å². The fourth-order valence-corrected chi connectivity index (χ4v) is 1.74. The predicted octanol–water partition coefficient (Wildman–Crippen LogP) is 3.47. The summed E-state index contributed by atoms with van der Waals surface area (Å²) in [5.74, 6) is 0.385. The maximum absolute atomic E-state index is 11.8. The number of esters is 1. The van der Waals surface area contributed by atoms with Gasteiger partial charge in [-0.25, -0.2) is 0 Å². The second-order valence-corrected chi connectivity index (χ2v) is 6.12. The molecule has 0 aromatic rings. The minimum atomic E-state index is -0.116. The van der Waals surface area contributed by atoms with Crippen LogP contribution in [0.5, 0.6) is 0 Å². The van der Waals surface area contributed by atoms with E-state index in [-0.39, 0.29) is 17.6 Å². The van der Waals surface area contributed by atoms with Crippen molar-refractivity contribution in [3.05, 3.63) is 0 Å². The maximum Gasteiger partial charge on any atom is 0.320 e. The SMILES string of the molecule is CCCCN(CC(=O)OC(C)C)C(C)(C)C(C)C. The highest BCUT2D eigenvalue weighted by atomic mass is 16.5. The van der Waals surface area contributed by atoms with Crippen LogP contribution in [0, 0.1) is 5.92 Å².